The van der Waals surface area contributed by atoms with Crippen molar-refractivity contribution in [3.63, 3.8) is 0 Å². The Hall–Kier alpha value is -1.88. The van der Waals surface area contributed by atoms with Gasteiger partial charge in [0.25, 0.3) is 0 Å². The fourth-order valence-corrected chi connectivity index (χ4v) is 4.49. The fraction of sp³-hybridized carbons (Fsp3) is 0.619. The number of carbonyl (C=O) groups excluding carboxylic acids is 1. The highest BCUT2D eigenvalue weighted by Crippen LogP contribution is 2.38. The minimum absolute atomic E-state index is 0.130. The van der Waals surface area contributed by atoms with Crippen LogP contribution in [0, 0.1) is 12.8 Å². The van der Waals surface area contributed by atoms with Crippen molar-refractivity contribution >= 4 is 22.9 Å². The van der Waals surface area contributed by atoms with Gasteiger partial charge in [-0.3, -0.25) is 10.1 Å². The van der Waals surface area contributed by atoms with Crippen LogP contribution in [-0.4, -0.2) is 26.2 Å². The first-order valence-electron chi connectivity index (χ1n) is 9.95. The predicted octanol–water partition coefficient (Wildman–Crippen LogP) is 4.34. The van der Waals surface area contributed by atoms with Gasteiger partial charge in [-0.15, -0.1) is 0 Å². The Morgan fingerprint density at radius 1 is 1.27 bits per heavy atom. The summed E-state index contributed by atoms with van der Waals surface area (Å²) >= 11 is 0. The molecule has 1 aromatic heterocycles. The summed E-state index contributed by atoms with van der Waals surface area (Å²) in [6.07, 6.45) is 7.94. The van der Waals surface area contributed by atoms with Crippen molar-refractivity contribution in [2.75, 3.05) is 5.32 Å². The van der Waals surface area contributed by atoms with E-state index in [1.54, 1.807) is 6.92 Å². The van der Waals surface area contributed by atoms with Crippen molar-refractivity contribution in [2.24, 2.45) is 5.92 Å². The second kappa shape index (κ2) is 6.69. The molecule has 1 atom stereocenters. The molecule has 2 fully saturated rings. The smallest absolute Gasteiger partial charge is 0.229 e. The summed E-state index contributed by atoms with van der Waals surface area (Å²) in [5.41, 5.74) is 2.26. The van der Waals surface area contributed by atoms with E-state index in [-0.39, 0.29) is 18.2 Å². The number of hydrogen-bond acceptors (Lipinski definition) is 3. The molecule has 5 nitrogen and oxygen atoms in total. The Labute approximate surface area is 154 Å². The van der Waals surface area contributed by atoms with Crippen LogP contribution in [0.3, 0.4) is 0 Å². The summed E-state index contributed by atoms with van der Waals surface area (Å²) in [5, 5.41) is 13.8. The zero-order chi connectivity index (χ0) is 18.3. The highest BCUT2D eigenvalue weighted by molar-refractivity contribution is 5.92. The van der Waals surface area contributed by atoms with Crippen LogP contribution in [0.5, 0.6) is 0 Å². The number of nitrogens with one attached hydrogen (secondary N) is 1. The number of hydrogen-bond donors (Lipinski definition) is 2. The number of fused-ring (bicyclic) bond motifs is 1. The minimum atomic E-state index is -0.940. The Morgan fingerprint density at radius 3 is 2.65 bits per heavy atom. The lowest BCUT2D eigenvalue weighted by molar-refractivity contribution is -0.122. The molecule has 2 aromatic rings. The van der Waals surface area contributed by atoms with Crippen molar-refractivity contribution in [1.29, 1.82) is 0 Å². The van der Waals surface area contributed by atoms with E-state index >= 15 is 0 Å². The number of anilines is 1. The van der Waals surface area contributed by atoms with E-state index in [2.05, 4.69) is 33.9 Å². The summed E-state index contributed by atoms with van der Waals surface area (Å²) in [4.78, 5) is 17.4. The number of aliphatic hydroxyl groups is 1. The number of aryl methyl sites for hydroxylation is 1. The van der Waals surface area contributed by atoms with Crippen LogP contribution in [0.25, 0.3) is 11.0 Å². The lowest BCUT2D eigenvalue weighted by Gasteiger charge is -2.31. The molecule has 140 valence electrons. The first-order chi connectivity index (χ1) is 12.4. The second-order valence-electron chi connectivity index (χ2n) is 8.45. The third-order valence-electron chi connectivity index (χ3n) is 6.29. The first-order valence-corrected chi connectivity index (χ1v) is 9.95. The summed E-state index contributed by atoms with van der Waals surface area (Å²) in [5.74, 6) is 0.707. The van der Waals surface area contributed by atoms with Crippen molar-refractivity contribution in [3.8, 4) is 0 Å². The lowest BCUT2D eigenvalue weighted by atomic mass is 9.85. The SMILES string of the molecule is Cc1ccc2nc(NC(=O)CC(C)(O)C3CCCC3)n(C3CCC3)c2c1. The molecule has 0 spiro atoms. The van der Waals surface area contributed by atoms with Gasteiger partial charge >= 0.3 is 0 Å². The summed E-state index contributed by atoms with van der Waals surface area (Å²) in [7, 11) is 0. The van der Waals surface area contributed by atoms with E-state index in [1.807, 2.05) is 6.07 Å². The van der Waals surface area contributed by atoms with Crippen molar-refractivity contribution < 1.29 is 9.90 Å². The lowest BCUT2D eigenvalue weighted by Crippen LogP contribution is -2.37. The number of carbonyl (C=O) groups is 1. The van der Waals surface area contributed by atoms with Crippen LogP contribution >= 0.6 is 0 Å². The monoisotopic (exact) mass is 355 g/mol. The predicted molar refractivity (Wildman–Crippen MR) is 103 cm³/mol. The topological polar surface area (TPSA) is 67.2 Å². The van der Waals surface area contributed by atoms with Crippen LogP contribution in [0.2, 0.25) is 0 Å². The molecule has 1 aromatic carbocycles. The Kier molecular flexibility index (Phi) is 4.51. The molecule has 1 heterocycles. The number of nitrogens with zero attached hydrogens (tertiary/aromatic N) is 2. The molecule has 1 unspecified atom stereocenters. The number of rotatable bonds is 5. The Morgan fingerprint density at radius 2 is 2.00 bits per heavy atom. The Balaban J connectivity index is 1.57. The molecule has 2 aliphatic carbocycles. The van der Waals surface area contributed by atoms with Crippen LogP contribution in [0.15, 0.2) is 18.2 Å². The average molecular weight is 355 g/mol. The average Bonchev–Trinajstić information content (AvgIpc) is 3.15. The summed E-state index contributed by atoms with van der Waals surface area (Å²) < 4.78 is 2.19. The number of benzene rings is 1. The summed E-state index contributed by atoms with van der Waals surface area (Å²) in [6, 6.07) is 6.62. The molecule has 2 saturated carbocycles. The van der Waals surface area contributed by atoms with Crippen LogP contribution < -0.4 is 5.32 Å². The van der Waals surface area contributed by atoms with Crippen LogP contribution in [0.1, 0.15) is 69.9 Å². The fourth-order valence-electron chi connectivity index (χ4n) is 4.49. The van der Waals surface area contributed by atoms with Crippen LogP contribution in [0.4, 0.5) is 5.95 Å². The van der Waals surface area contributed by atoms with Gasteiger partial charge in [0, 0.05) is 6.04 Å². The number of aromatic nitrogens is 2. The largest absolute Gasteiger partial charge is 0.389 e. The standard InChI is InChI=1S/C21H29N3O2/c1-14-10-11-17-18(12-14)24(16-8-5-9-16)20(22-17)23-19(25)13-21(2,26)15-6-3-4-7-15/h10-12,15-16,26H,3-9,13H2,1-2H3,(H,22,23,25). The number of imidazole rings is 1. The molecule has 0 bridgehead atoms. The molecule has 2 aliphatic rings. The quantitative estimate of drug-likeness (QED) is 0.838. The van der Waals surface area contributed by atoms with Gasteiger partial charge in [-0.2, -0.15) is 0 Å². The summed E-state index contributed by atoms with van der Waals surface area (Å²) in [6.45, 7) is 3.88. The van der Waals surface area contributed by atoms with Gasteiger partial charge in [-0.05, 0) is 69.6 Å². The third-order valence-corrected chi connectivity index (χ3v) is 6.29. The maximum atomic E-state index is 12.7. The molecule has 5 heteroatoms. The molecule has 2 N–H and O–H groups in total. The van der Waals surface area contributed by atoms with Crippen molar-refractivity contribution in [3.05, 3.63) is 23.8 Å². The van der Waals surface area contributed by atoms with Gasteiger partial charge in [0.05, 0.1) is 23.1 Å². The normalized spacial score (nSPS) is 20.9. The molecule has 0 saturated heterocycles. The number of amides is 1. The molecule has 26 heavy (non-hydrogen) atoms. The highest BCUT2D eigenvalue weighted by Gasteiger charge is 2.36. The second-order valence-corrected chi connectivity index (χ2v) is 8.45. The zero-order valence-corrected chi connectivity index (χ0v) is 15.8. The van der Waals surface area contributed by atoms with Crippen LogP contribution in [-0.2, 0) is 4.79 Å². The molecule has 0 radical (unpaired) electrons. The van der Waals surface area contributed by atoms with E-state index in [1.165, 1.54) is 12.0 Å². The molecule has 4 rings (SSSR count). The van der Waals surface area contributed by atoms with Crippen molar-refractivity contribution in [2.45, 2.75) is 76.9 Å². The molecular weight excluding hydrogens is 326 g/mol. The minimum Gasteiger partial charge on any atom is -0.389 e. The molecule has 0 aliphatic heterocycles. The molecule has 1 amide bonds. The van der Waals surface area contributed by atoms with Gasteiger partial charge in [0.2, 0.25) is 11.9 Å². The van der Waals surface area contributed by atoms with Gasteiger partial charge < -0.3 is 9.67 Å². The van der Waals surface area contributed by atoms with E-state index < -0.39 is 5.60 Å². The Bertz CT molecular complexity index is 814. The third kappa shape index (κ3) is 3.25. The van der Waals surface area contributed by atoms with E-state index in [0.29, 0.717) is 12.0 Å². The van der Waals surface area contributed by atoms with Gasteiger partial charge in [0.15, 0.2) is 0 Å². The van der Waals surface area contributed by atoms with Gasteiger partial charge in [-0.25, -0.2) is 4.98 Å². The maximum absolute atomic E-state index is 12.7. The van der Waals surface area contributed by atoms with Gasteiger partial charge in [-0.1, -0.05) is 18.9 Å². The van der Waals surface area contributed by atoms with E-state index in [4.69, 9.17) is 0 Å². The zero-order valence-electron chi connectivity index (χ0n) is 15.8. The van der Waals surface area contributed by atoms with Gasteiger partial charge in [0.1, 0.15) is 0 Å². The molecular formula is C21H29N3O2. The van der Waals surface area contributed by atoms with E-state index in [9.17, 15) is 9.90 Å². The van der Waals surface area contributed by atoms with E-state index in [0.717, 1.165) is 49.6 Å². The highest BCUT2D eigenvalue weighted by atomic mass is 16.3. The van der Waals surface area contributed by atoms with Crippen molar-refractivity contribution in [1.82, 2.24) is 9.55 Å². The first kappa shape index (κ1) is 17.5. The maximum Gasteiger partial charge on any atom is 0.229 e.